The van der Waals surface area contributed by atoms with Crippen molar-refractivity contribution >= 4 is 19.1 Å². The van der Waals surface area contributed by atoms with Gasteiger partial charge in [-0.05, 0) is 0 Å². The third kappa shape index (κ3) is 9.20. The number of hydrogen-bond donors (Lipinski definition) is 0. The summed E-state index contributed by atoms with van der Waals surface area (Å²) in [5, 5.41) is 4.18. The Balaban J connectivity index is 0.000000187. The van der Waals surface area contributed by atoms with Gasteiger partial charge in [0.15, 0.2) is 0 Å². The average molecular weight is 261 g/mol. The van der Waals surface area contributed by atoms with E-state index in [2.05, 4.69) is 5.32 Å². The van der Waals surface area contributed by atoms with Crippen LogP contribution in [-0.4, -0.2) is 13.1 Å². The summed E-state index contributed by atoms with van der Waals surface area (Å²) in [5.41, 5.74) is 0. The molecule has 1 aliphatic rings. The number of halogens is 2. The summed E-state index contributed by atoms with van der Waals surface area (Å²) in [4.78, 5) is 0. The zero-order valence-corrected chi connectivity index (χ0v) is 8.12. The van der Waals surface area contributed by atoms with Crippen LogP contribution in [0.25, 0.3) is 5.32 Å². The van der Waals surface area contributed by atoms with Gasteiger partial charge in [0, 0.05) is 0 Å². The molecule has 9 heavy (non-hydrogen) atoms. The van der Waals surface area contributed by atoms with Crippen molar-refractivity contribution in [2.45, 2.75) is 19.3 Å². The fraction of sp³-hybridized carbons (Fsp3) is 1.00. The third-order valence-corrected chi connectivity index (χ3v) is 1.13. The Morgan fingerprint density at radius 2 is 1.44 bits per heavy atom. The molecule has 0 atom stereocenters. The Morgan fingerprint density at radius 3 is 1.56 bits per heavy atom. The molecule has 0 bridgehead atoms. The monoisotopic (exact) mass is 260 g/mol. The van der Waals surface area contributed by atoms with E-state index >= 15 is 0 Å². The van der Waals surface area contributed by atoms with Gasteiger partial charge in [-0.1, -0.05) is 19.3 Å². The molecular formula is C5H10Cl2NPd-. The first-order valence-corrected chi connectivity index (χ1v) is 6.88. The molecule has 1 nitrogen and oxygen atoms in total. The fourth-order valence-corrected chi connectivity index (χ4v) is 0.736. The van der Waals surface area contributed by atoms with Crippen LogP contribution in [0.4, 0.5) is 0 Å². The summed E-state index contributed by atoms with van der Waals surface area (Å²) >= 11 is -0.106. The fourth-order valence-electron chi connectivity index (χ4n) is 0.736. The number of rotatable bonds is 0. The van der Waals surface area contributed by atoms with Crippen LogP contribution in [0.15, 0.2) is 0 Å². The van der Waals surface area contributed by atoms with E-state index in [4.69, 9.17) is 19.1 Å². The Labute approximate surface area is 72.6 Å². The van der Waals surface area contributed by atoms with E-state index in [-0.39, 0.29) is 15.9 Å². The SMILES string of the molecule is C1CC[N-]CC1.[Cl][Pd][Cl]. The van der Waals surface area contributed by atoms with Crippen molar-refractivity contribution < 1.29 is 15.9 Å². The van der Waals surface area contributed by atoms with Gasteiger partial charge in [-0.2, -0.15) is 0 Å². The Kier molecular flexibility index (Phi) is 10.4. The predicted octanol–water partition coefficient (Wildman–Crippen LogP) is 2.92. The Hall–Kier alpha value is 1.20. The molecule has 0 aromatic heterocycles. The van der Waals surface area contributed by atoms with Gasteiger partial charge in [-0.25, -0.2) is 0 Å². The van der Waals surface area contributed by atoms with Crippen molar-refractivity contribution in [3.05, 3.63) is 5.32 Å². The zero-order chi connectivity index (χ0) is 6.95. The van der Waals surface area contributed by atoms with Crippen LogP contribution in [0.1, 0.15) is 19.3 Å². The van der Waals surface area contributed by atoms with E-state index in [9.17, 15) is 0 Å². The number of hydrogen-bond acceptors (Lipinski definition) is 0. The minimum absolute atomic E-state index is 0.106. The quantitative estimate of drug-likeness (QED) is 0.595. The van der Waals surface area contributed by atoms with Crippen LogP contribution in [0, 0.1) is 0 Å². The van der Waals surface area contributed by atoms with Gasteiger partial charge in [0.2, 0.25) is 0 Å². The molecule has 0 N–H and O–H groups in total. The zero-order valence-electron chi connectivity index (χ0n) is 5.05. The van der Waals surface area contributed by atoms with E-state index in [1.807, 2.05) is 0 Å². The van der Waals surface area contributed by atoms with Crippen molar-refractivity contribution in [2.24, 2.45) is 0 Å². The van der Waals surface area contributed by atoms with Gasteiger partial charge in [0.05, 0.1) is 0 Å². The minimum atomic E-state index is -0.106. The van der Waals surface area contributed by atoms with Crippen LogP contribution in [0.5, 0.6) is 0 Å². The van der Waals surface area contributed by atoms with Gasteiger partial charge in [0.1, 0.15) is 0 Å². The summed E-state index contributed by atoms with van der Waals surface area (Å²) in [5.74, 6) is 0. The maximum atomic E-state index is 4.81. The molecule has 0 spiro atoms. The molecule has 0 amide bonds. The Morgan fingerprint density at radius 1 is 1.00 bits per heavy atom. The molecule has 60 valence electrons. The second-order valence-electron chi connectivity index (χ2n) is 1.78. The normalized spacial score (nSPS) is 18.4. The molecule has 0 aliphatic carbocycles. The molecule has 0 unspecified atom stereocenters. The summed E-state index contributed by atoms with van der Waals surface area (Å²) in [6, 6.07) is 0. The van der Waals surface area contributed by atoms with Crippen molar-refractivity contribution in [3.8, 4) is 0 Å². The van der Waals surface area contributed by atoms with Crippen molar-refractivity contribution in [3.63, 3.8) is 0 Å². The van der Waals surface area contributed by atoms with E-state index in [1.54, 1.807) is 0 Å². The van der Waals surface area contributed by atoms with Gasteiger partial charge < -0.3 is 5.32 Å². The van der Waals surface area contributed by atoms with Crippen molar-refractivity contribution in [1.29, 1.82) is 0 Å². The molecule has 1 fully saturated rings. The Bertz CT molecular complexity index is 38.7. The summed E-state index contributed by atoms with van der Waals surface area (Å²) in [7, 11) is 9.63. The van der Waals surface area contributed by atoms with Crippen molar-refractivity contribution in [2.75, 3.05) is 13.1 Å². The van der Waals surface area contributed by atoms with Crippen LogP contribution in [0.2, 0.25) is 0 Å². The van der Waals surface area contributed by atoms with E-state index < -0.39 is 0 Å². The summed E-state index contributed by atoms with van der Waals surface area (Å²) < 4.78 is 0. The first-order valence-electron chi connectivity index (χ1n) is 2.87. The van der Waals surface area contributed by atoms with Gasteiger partial charge in [-0.15, -0.1) is 13.1 Å². The van der Waals surface area contributed by atoms with E-state index in [1.165, 1.54) is 19.3 Å². The predicted molar refractivity (Wildman–Crippen MR) is 38.7 cm³/mol. The molecule has 1 aliphatic heterocycles. The molecule has 1 saturated heterocycles. The topological polar surface area (TPSA) is 14.1 Å². The van der Waals surface area contributed by atoms with E-state index in [0.717, 1.165) is 13.1 Å². The van der Waals surface area contributed by atoms with Gasteiger partial charge in [-0.3, -0.25) is 0 Å². The third-order valence-electron chi connectivity index (χ3n) is 1.13. The van der Waals surface area contributed by atoms with Crippen LogP contribution < -0.4 is 0 Å². The molecule has 0 saturated carbocycles. The molecular weight excluding hydrogens is 251 g/mol. The van der Waals surface area contributed by atoms with Crippen LogP contribution in [-0.2, 0) is 15.9 Å². The molecule has 4 heteroatoms. The van der Waals surface area contributed by atoms with Gasteiger partial charge >= 0.3 is 35.0 Å². The van der Waals surface area contributed by atoms with Gasteiger partial charge in [0.25, 0.3) is 0 Å². The van der Waals surface area contributed by atoms with Crippen LogP contribution >= 0.6 is 19.1 Å². The second kappa shape index (κ2) is 9.20. The molecule has 0 radical (unpaired) electrons. The molecule has 1 rings (SSSR count). The maximum absolute atomic E-state index is 4.81. The molecule has 0 aromatic carbocycles. The second-order valence-corrected chi connectivity index (χ2v) is 4.14. The number of piperidine rings is 1. The molecule has 1 heterocycles. The first kappa shape index (κ1) is 10.2. The van der Waals surface area contributed by atoms with Crippen molar-refractivity contribution in [1.82, 2.24) is 0 Å². The summed E-state index contributed by atoms with van der Waals surface area (Å²) in [6.45, 7) is 2.25. The number of nitrogens with zero attached hydrogens (tertiary/aromatic N) is 1. The average Bonchev–Trinajstić information content (AvgIpc) is 1.93. The summed E-state index contributed by atoms with van der Waals surface area (Å²) in [6.07, 6.45) is 4.07. The first-order chi connectivity index (χ1) is 4.41. The standard InChI is InChI=1S/C5H10N.2ClH.Pd/c1-2-4-6-5-3-1;;;/h1-5H2;2*1H;/q-1;;;+2/p-2. The van der Waals surface area contributed by atoms with E-state index in [0.29, 0.717) is 0 Å². The van der Waals surface area contributed by atoms with Crippen LogP contribution in [0.3, 0.4) is 0 Å². The molecule has 0 aromatic rings.